The van der Waals surface area contributed by atoms with Crippen molar-refractivity contribution in [3.63, 3.8) is 0 Å². The van der Waals surface area contributed by atoms with E-state index in [0.717, 1.165) is 36.0 Å². The highest BCUT2D eigenvalue weighted by Crippen LogP contribution is 2.29. The van der Waals surface area contributed by atoms with Crippen LogP contribution in [0.2, 0.25) is 0 Å². The minimum Gasteiger partial charge on any atom is -0.469 e. The largest absolute Gasteiger partial charge is 0.469 e. The number of rotatable bonds is 10. The maximum Gasteiger partial charge on any atom is 0.434 e. The average Bonchev–Trinajstić information content (AvgIpc) is 3.06. The van der Waals surface area contributed by atoms with E-state index in [2.05, 4.69) is 25.3 Å². The number of thiazole rings is 1. The lowest BCUT2D eigenvalue weighted by atomic mass is 10.2. The van der Waals surface area contributed by atoms with Crippen molar-refractivity contribution in [3.05, 3.63) is 16.1 Å². The Morgan fingerprint density at radius 3 is 2.69 bits per heavy atom. The number of ether oxygens (including phenoxy) is 1. The van der Waals surface area contributed by atoms with Gasteiger partial charge in [0.15, 0.2) is 11.7 Å². The lowest BCUT2D eigenvalue weighted by molar-refractivity contribution is -0.141. The zero-order chi connectivity index (χ0) is 19.4. The Labute approximate surface area is 155 Å². The average molecular weight is 394 g/mol. The summed E-state index contributed by atoms with van der Waals surface area (Å²) in [7, 11) is 1.37. The molecule has 6 nitrogen and oxygen atoms in total. The van der Waals surface area contributed by atoms with Crippen LogP contribution in [0.3, 0.4) is 0 Å². The van der Waals surface area contributed by atoms with E-state index >= 15 is 0 Å². The Balaban J connectivity index is 2.31. The Morgan fingerprint density at radius 2 is 2.08 bits per heavy atom. The van der Waals surface area contributed by atoms with Crippen LogP contribution in [0, 0.1) is 0 Å². The highest BCUT2D eigenvalue weighted by molar-refractivity contribution is 7.09. The molecule has 0 unspecified atom stereocenters. The molecule has 0 bridgehead atoms. The number of halogens is 3. The highest BCUT2D eigenvalue weighted by atomic mass is 32.1. The van der Waals surface area contributed by atoms with Crippen LogP contribution < -0.4 is 10.6 Å². The summed E-state index contributed by atoms with van der Waals surface area (Å²) in [5.41, 5.74) is -0.843. The molecule has 1 aromatic heterocycles. The van der Waals surface area contributed by atoms with Gasteiger partial charge in [0.1, 0.15) is 0 Å². The van der Waals surface area contributed by atoms with Crippen LogP contribution in [-0.2, 0) is 22.1 Å². The van der Waals surface area contributed by atoms with Crippen LogP contribution in [0.5, 0.6) is 0 Å². The van der Waals surface area contributed by atoms with E-state index in [0.29, 0.717) is 43.4 Å². The molecule has 2 N–H and O–H groups in total. The first-order valence-corrected chi connectivity index (χ1v) is 9.35. The van der Waals surface area contributed by atoms with Crippen molar-refractivity contribution in [3.8, 4) is 0 Å². The SMILES string of the molecule is CCNC(=NCCCCCC(=O)OC)NCCc1nc(C(F)(F)F)cs1. The van der Waals surface area contributed by atoms with Crippen molar-refractivity contribution < 1.29 is 22.7 Å². The molecule has 148 valence electrons. The molecular weight excluding hydrogens is 369 g/mol. The molecule has 0 radical (unpaired) electrons. The Morgan fingerprint density at radius 1 is 1.31 bits per heavy atom. The second-order valence-electron chi connectivity index (χ2n) is 5.45. The molecule has 0 atom stereocenters. The van der Waals surface area contributed by atoms with Gasteiger partial charge in [0.25, 0.3) is 0 Å². The first-order valence-electron chi connectivity index (χ1n) is 8.47. The molecule has 0 saturated heterocycles. The second kappa shape index (κ2) is 11.7. The number of aliphatic imine (C=N–C) groups is 1. The van der Waals surface area contributed by atoms with E-state index in [1.54, 1.807) is 0 Å². The van der Waals surface area contributed by atoms with Crippen molar-refractivity contribution >= 4 is 23.3 Å². The number of hydrogen-bond donors (Lipinski definition) is 2. The van der Waals surface area contributed by atoms with Gasteiger partial charge in [-0.3, -0.25) is 9.79 Å². The molecule has 0 aliphatic carbocycles. The number of guanidine groups is 1. The number of carbonyl (C=O) groups is 1. The zero-order valence-electron chi connectivity index (χ0n) is 15.0. The van der Waals surface area contributed by atoms with Gasteiger partial charge in [-0.1, -0.05) is 6.42 Å². The topological polar surface area (TPSA) is 75.6 Å². The number of hydrogen-bond acceptors (Lipinski definition) is 5. The van der Waals surface area contributed by atoms with Gasteiger partial charge in [-0.15, -0.1) is 11.3 Å². The summed E-state index contributed by atoms with van der Waals surface area (Å²) in [5.74, 6) is 0.410. The van der Waals surface area contributed by atoms with Crippen LogP contribution in [0.1, 0.15) is 43.3 Å². The molecule has 1 heterocycles. The summed E-state index contributed by atoms with van der Waals surface area (Å²) in [6.45, 7) is 3.67. The van der Waals surface area contributed by atoms with E-state index in [1.165, 1.54) is 7.11 Å². The van der Waals surface area contributed by atoms with Gasteiger partial charge < -0.3 is 15.4 Å². The van der Waals surface area contributed by atoms with Crippen LogP contribution in [0.4, 0.5) is 13.2 Å². The summed E-state index contributed by atoms with van der Waals surface area (Å²) in [4.78, 5) is 19.0. The summed E-state index contributed by atoms with van der Waals surface area (Å²) in [6.07, 6.45) is -1.12. The van der Waals surface area contributed by atoms with E-state index in [4.69, 9.17) is 0 Å². The number of nitrogens with one attached hydrogen (secondary N) is 2. The van der Waals surface area contributed by atoms with E-state index in [1.807, 2.05) is 6.92 Å². The highest BCUT2D eigenvalue weighted by Gasteiger charge is 2.33. The number of methoxy groups -OCH3 is 1. The van der Waals surface area contributed by atoms with Crippen LogP contribution in [-0.4, -0.2) is 43.7 Å². The monoisotopic (exact) mass is 394 g/mol. The van der Waals surface area contributed by atoms with Gasteiger partial charge >= 0.3 is 12.1 Å². The molecule has 0 fully saturated rings. The molecule has 26 heavy (non-hydrogen) atoms. The van der Waals surface area contributed by atoms with Crippen LogP contribution in [0.15, 0.2) is 10.4 Å². The van der Waals surface area contributed by atoms with Gasteiger partial charge in [0.05, 0.1) is 12.1 Å². The molecular formula is C16H25F3N4O2S. The summed E-state index contributed by atoms with van der Waals surface area (Å²) >= 11 is 1.00. The molecule has 0 saturated carbocycles. The molecule has 10 heteroatoms. The Hall–Kier alpha value is -1.84. The maximum atomic E-state index is 12.5. The number of esters is 1. The third-order valence-electron chi connectivity index (χ3n) is 3.35. The minimum absolute atomic E-state index is 0.209. The minimum atomic E-state index is -4.40. The molecule has 0 spiro atoms. The van der Waals surface area contributed by atoms with E-state index in [9.17, 15) is 18.0 Å². The van der Waals surface area contributed by atoms with Gasteiger partial charge in [-0.25, -0.2) is 4.98 Å². The van der Waals surface area contributed by atoms with Crippen molar-refractivity contribution in [1.82, 2.24) is 15.6 Å². The van der Waals surface area contributed by atoms with E-state index in [-0.39, 0.29) is 5.97 Å². The van der Waals surface area contributed by atoms with Gasteiger partial charge in [0, 0.05) is 37.9 Å². The van der Waals surface area contributed by atoms with Crippen molar-refractivity contribution in [2.75, 3.05) is 26.7 Å². The number of aromatic nitrogens is 1. The first-order chi connectivity index (χ1) is 12.4. The normalized spacial score (nSPS) is 12.1. The Kier molecular flexibility index (Phi) is 10.0. The standard InChI is InChI=1S/C16H25F3N4O2S/c1-3-20-15(21-9-6-4-5-7-14(24)25-2)22-10-8-13-23-12(11-26-13)16(17,18)19/h11H,3-10H2,1-2H3,(H2,20,21,22). The predicted molar refractivity (Wildman–Crippen MR) is 95.3 cm³/mol. The number of carbonyl (C=O) groups excluding carboxylic acids is 1. The fourth-order valence-electron chi connectivity index (χ4n) is 2.04. The zero-order valence-corrected chi connectivity index (χ0v) is 15.8. The third-order valence-corrected chi connectivity index (χ3v) is 4.26. The fourth-order valence-corrected chi connectivity index (χ4v) is 2.84. The fraction of sp³-hybridized carbons (Fsp3) is 0.688. The van der Waals surface area contributed by atoms with Crippen molar-refractivity contribution in [2.45, 2.75) is 45.2 Å². The van der Waals surface area contributed by atoms with Gasteiger partial charge in [0.2, 0.25) is 0 Å². The lowest BCUT2D eigenvalue weighted by Gasteiger charge is -2.10. The first kappa shape index (κ1) is 22.2. The van der Waals surface area contributed by atoms with E-state index < -0.39 is 11.9 Å². The predicted octanol–water partition coefficient (Wildman–Crippen LogP) is 2.99. The van der Waals surface area contributed by atoms with Gasteiger partial charge in [-0.05, 0) is 19.8 Å². The smallest absolute Gasteiger partial charge is 0.434 e. The summed E-state index contributed by atoms with van der Waals surface area (Å²) in [5, 5.41) is 7.63. The number of alkyl halides is 3. The molecule has 0 aliphatic rings. The Bertz CT molecular complexity index is 576. The number of nitrogens with zero attached hydrogens (tertiary/aromatic N) is 2. The van der Waals surface area contributed by atoms with Crippen LogP contribution >= 0.6 is 11.3 Å². The molecule has 0 aliphatic heterocycles. The van der Waals surface area contributed by atoms with Crippen molar-refractivity contribution in [1.29, 1.82) is 0 Å². The molecule has 0 aromatic carbocycles. The van der Waals surface area contributed by atoms with Crippen LogP contribution in [0.25, 0.3) is 0 Å². The second-order valence-corrected chi connectivity index (χ2v) is 6.39. The van der Waals surface area contributed by atoms with Gasteiger partial charge in [-0.2, -0.15) is 13.2 Å². The summed E-state index contributed by atoms with van der Waals surface area (Å²) < 4.78 is 42.1. The third kappa shape index (κ3) is 9.02. The maximum absolute atomic E-state index is 12.5. The number of unbranched alkanes of at least 4 members (excludes halogenated alkanes) is 2. The molecule has 1 aromatic rings. The summed E-state index contributed by atoms with van der Waals surface area (Å²) in [6, 6.07) is 0. The van der Waals surface area contributed by atoms with Crippen molar-refractivity contribution in [2.24, 2.45) is 4.99 Å². The molecule has 1 rings (SSSR count). The lowest BCUT2D eigenvalue weighted by Crippen LogP contribution is -2.38. The quantitative estimate of drug-likeness (QED) is 0.276. The molecule has 0 amide bonds.